The number of rotatable bonds is 7. The molecule has 0 saturated heterocycles. The molecular weight excluding hydrogens is 889 g/mol. The molecule has 5 heteroatoms. The van der Waals surface area contributed by atoms with Gasteiger partial charge in [0.25, 0.3) is 0 Å². The van der Waals surface area contributed by atoms with Gasteiger partial charge in [0.15, 0.2) is 0 Å². The van der Waals surface area contributed by atoms with Crippen LogP contribution in [0.25, 0.3) is 82.1 Å². The van der Waals surface area contributed by atoms with E-state index in [1.54, 1.807) is 12.3 Å². The molecular formula is C68H64N4O. The minimum absolute atomic E-state index is 0.247. The van der Waals surface area contributed by atoms with Crippen molar-refractivity contribution < 1.29 is 10.2 Å². The molecule has 0 atom stereocenters. The van der Waals surface area contributed by atoms with Crippen LogP contribution >= 0.6 is 0 Å². The molecule has 0 N–H and O–H groups in total. The Labute approximate surface area is 435 Å². The first-order chi connectivity index (χ1) is 36.6. The number of aromatic nitrogens is 3. The molecule has 0 amide bonds. The summed E-state index contributed by atoms with van der Waals surface area (Å²) in [6.45, 7) is 18.9. The second-order valence-electron chi connectivity index (χ2n) is 22.8. The minimum Gasteiger partial charge on any atom is -0.457 e. The molecule has 5 nitrogen and oxygen atoms in total. The number of benzene rings is 8. The predicted octanol–water partition coefficient (Wildman–Crippen LogP) is 18.8. The first-order valence-electron chi connectivity index (χ1n) is 27.5. The summed E-state index contributed by atoms with van der Waals surface area (Å²) in [5.74, 6) is 1.98. The molecule has 0 spiro atoms. The Morgan fingerprint density at radius 3 is 1.78 bits per heavy atom. The maximum absolute atomic E-state index is 9.59. The number of para-hydroxylation sites is 3. The van der Waals surface area contributed by atoms with Gasteiger partial charge in [-0.05, 0) is 121 Å². The van der Waals surface area contributed by atoms with Gasteiger partial charge in [-0.3, -0.25) is 4.57 Å². The number of pyridine rings is 1. The van der Waals surface area contributed by atoms with Crippen molar-refractivity contribution in [1.82, 2.24) is 14.1 Å². The standard InChI is InChI=1S/C68H64N4O/c1-66(2,3)41-44-33-34-69-63(37-44)72-60-29-15-14-25-56(60)57-32-31-50(40-62(57)72)73-49-20-16-19-48(39-49)70-43-71-64-51(46-35-45(42-67(4,5)6)36-47(38-46)68(7,8)9)26-17-27-58(64)54-23-12-10-21-52(54)53-22-11-13-24-55(53)59-28-18-30-61(70)65(59)71/h10-40H,41-43H2,1-9H3/i41D2,42D2. The molecule has 0 bridgehead atoms. The van der Waals surface area contributed by atoms with Crippen molar-refractivity contribution in [3.8, 4) is 28.4 Å². The summed E-state index contributed by atoms with van der Waals surface area (Å²) >= 11 is 0. The Morgan fingerprint density at radius 1 is 0.493 bits per heavy atom. The lowest BCUT2D eigenvalue weighted by Gasteiger charge is -2.25. The third kappa shape index (κ3) is 8.55. The molecule has 8 aromatic carbocycles. The highest BCUT2D eigenvalue weighted by molar-refractivity contribution is 6.22. The molecule has 73 heavy (non-hydrogen) atoms. The van der Waals surface area contributed by atoms with Crippen molar-refractivity contribution in [3.05, 3.63) is 205 Å². The van der Waals surface area contributed by atoms with Crippen LogP contribution in [0.2, 0.25) is 0 Å². The summed E-state index contributed by atoms with van der Waals surface area (Å²) in [7, 11) is 0. The Bertz CT molecular complexity index is 4260. The van der Waals surface area contributed by atoms with Gasteiger partial charge in [-0.25, -0.2) is 4.98 Å². The topological polar surface area (TPSA) is 35.2 Å². The van der Waals surface area contributed by atoms with E-state index in [-0.39, 0.29) is 5.41 Å². The van der Waals surface area contributed by atoms with Crippen molar-refractivity contribution in [2.24, 2.45) is 10.8 Å². The maximum Gasteiger partial charge on any atom is 0.137 e. The summed E-state index contributed by atoms with van der Waals surface area (Å²) in [4.78, 5) is 7.22. The number of fused-ring (bicyclic) bond motifs is 10. The lowest BCUT2D eigenvalue weighted by Crippen LogP contribution is -2.15. The third-order valence-electron chi connectivity index (χ3n) is 14.0. The van der Waals surface area contributed by atoms with Gasteiger partial charge in [0.05, 0.1) is 27.8 Å². The number of anilines is 2. The molecule has 12 rings (SSSR count). The van der Waals surface area contributed by atoms with Crippen molar-refractivity contribution in [3.63, 3.8) is 0 Å². The van der Waals surface area contributed by atoms with Crippen LogP contribution < -0.4 is 9.64 Å². The monoisotopic (exact) mass is 957 g/mol. The summed E-state index contributed by atoms with van der Waals surface area (Å²) in [5.41, 5.74) is 8.87. The van der Waals surface area contributed by atoms with E-state index in [1.165, 1.54) is 0 Å². The molecule has 11 aromatic rings. The normalized spacial score (nSPS) is 14.2. The average Bonchev–Trinajstić information content (AvgIpc) is 4.19. The van der Waals surface area contributed by atoms with Gasteiger partial charge in [0.2, 0.25) is 0 Å². The van der Waals surface area contributed by atoms with E-state index >= 15 is 0 Å². The fourth-order valence-corrected chi connectivity index (χ4v) is 11.0. The maximum atomic E-state index is 9.59. The molecule has 362 valence electrons. The smallest absolute Gasteiger partial charge is 0.137 e. The van der Waals surface area contributed by atoms with Crippen LogP contribution in [0.3, 0.4) is 0 Å². The Hall–Kier alpha value is -7.89. The van der Waals surface area contributed by atoms with E-state index in [4.69, 9.17) is 12.5 Å². The van der Waals surface area contributed by atoms with Crippen molar-refractivity contribution in [2.45, 2.75) is 87.1 Å². The van der Waals surface area contributed by atoms with Crippen LogP contribution in [-0.4, -0.2) is 14.1 Å². The van der Waals surface area contributed by atoms with Crippen molar-refractivity contribution in [1.29, 1.82) is 0 Å². The van der Waals surface area contributed by atoms with Crippen LogP contribution in [-0.2, 0) is 24.8 Å². The van der Waals surface area contributed by atoms with Crippen LogP contribution in [0.1, 0.15) is 84.5 Å². The number of hydrogen-bond donors (Lipinski definition) is 0. The molecule has 1 aliphatic heterocycles. The van der Waals surface area contributed by atoms with Crippen molar-refractivity contribution in [2.75, 3.05) is 4.90 Å². The van der Waals surface area contributed by atoms with Gasteiger partial charge >= 0.3 is 0 Å². The highest BCUT2D eigenvalue weighted by Crippen LogP contribution is 2.46. The largest absolute Gasteiger partial charge is 0.457 e. The summed E-state index contributed by atoms with van der Waals surface area (Å²) in [6.07, 6.45) is -1.51. The fourth-order valence-electron chi connectivity index (χ4n) is 11.0. The van der Waals surface area contributed by atoms with Gasteiger partial charge in [-0.2, -0.15) is 0 Å². The number of ether oxygens (including phenoxy) is 1. The summed E-state index contributed by atoms with van der Waals surface area (Å²) in [6, 6.07) is 63.7. The lowest BCUT2D eigenvalue weighted by molar-refractivity contribution is 0.410. The van der Waals surface area contributed by atoms with Crippen LogP contribution in [0.4, 0.5) is 11.4 Å². The van der Waals surface area contributed by atoms with Crippen LogP contribution in [0.15, 0.2) is 188 Å². The molecule has 0 fully saturated rings. The van der Waals surface area contributed by atoms with E-state index in [2.05, 4.69) is 180 Å². The molecule has 4 heterocycles. The fraction of sp³-hybridized carbons (Fsp3) is 0.221. The van der Waals surface area contributed by atoms with E-state index in [0.29, 0.717) is 35.1 Å². The zero-order chi connectivity index (χ0) is 54.0. The van der Waals surface area contributed by atoms with Gasteiger partial charge < -0.3 is 14.2 Å². The third-order valence-corrected chi connectivity index (χ3v) is 14.0. The Balaban J connectivity index is 1.05. The number of nitrogens with zero attached hydrogens (tertiary/aromatic N) is 4. The van der Waals surface area contributed by atoms with Gasteiger partial charge in [0.1, 0.15) is 24.0 Å². The average molecular weight is 957 g/mol. The van der Waals surface area contributed by atoms with Gasteiger partial charge in [-0.1, -0.05) is 184 Å². The van der Waals surface area contributed by atoms with Gasteiger partial charge in [-0.15, -0.1) is 0 Å². The summed E-state index contributed by atoms with van der Waals surface area (Å²) < 4.78 is 48.9. The molecule has 3 aromatic heterocycles. The lowest BCUT2D eigenvalue weighted by atomic mass is 9.81. The zero-order valence-electron chi connectivity index (χ0n) is 47.3. The van der Waals surface area contributed by atoms with E-state index in [1.807, 2.05) is 71.9 Å². The SMILES string of the molecule is [2H]C([2H])(c1cc(-c2cccc3c4ccccc4c4ccccc4c4cccc5c4n(c23)CN5c2cccc(Oc3ccc4c5ccccc5n(-c5cc(C([2H])([2H])C(C)(C)C)ccn5)c4c3)c2)cc(C(C)(C)C)c1)C(C)(C)C. The first-order valence-corrected chi connectivity index (χ1v) is 25.5. The van der Waals surface area contributed by atoms with Crippen molar-refractivity contribution >= 4 is 76.5 Å². The minimum atomic E-state index is -1.62. The highest BCUT2D eigenvalue weighted by Gasteiger charge is 2.27. The second-order valence-corrected chi connectivity index (χ2v) is 22.8. The second kappa shape index (κ2) is 17.4. The Kier molecular flexibility index (Phi) is 9.94. The van der Waals surface area contributed by atoms with Gasteiger partial charge in [0, 0.05) is 56.6 Å². The predicted molar refractivity (Wildman–Crippen MR) is 310 cm³/mol. The van der Waals surface area contributed by atoms with Crippen LogP contribution in [0, 0.1) is 10.8 Å². The molecule has 0 unspecified atom stereocenters. The first kappa shape index (κ1) is 41.7. The quantitative estimate of drug-likeness (QED) is 0.160. The zero-order valence-corrected chi connectivity index (χ0v) is 43.3. The molecule has 0 aliphatic carbocycles. The number of hydrogen-bond acceptors (Lipinski definition) is 3. The van der Waals surface area contributed by atoms with E-state index in [9.17, 15) is 2.74 Å². The summed E-state index contributed by atoms with van der Waals surface area (Å²) in [5, 5.41) is 8.92. The van der Waals surface area contributed by atoms with E-state index in [0.717, 1.165) is 93.2 Å². The molecule has 0 saturated carbocycles. The molecule has 1 aliphatic rings. The van der Waals surface area contributed by atoms with E-state index < -0.39 is 23.6 Å². The highest BCUT2D eigenvalue weighted by atomic mass is 16.5. The Morgan fingerprint density at radius 2 is 1.08 bits per heavy atom. The molecule has 0 radical (unpaired) electrons. The van der Waals surface area contributed by atoms with Crippen LogP contribution in [0.5, 0.6) is 11.5 Å².